The van der Waals surface area contributed by atoms with Gasteiger partial charge in [0, 0.05) is 19.2 Å². The first kappa shape index (κ1) is 15.7. The molecule has 0 aromatic rings. The average Bonchev–Trinajstić information content (AvgIpc) is 2.27. The predicted octanol–water partition coefficient (Wildman–Crippen LogP) is 1.09. The van der Waals surface area contributed by atoms with Crippen molar-refractivity contribution < 1.29 is 9.53 Å². The molecule has 1 aliphatic heterocycles. The quantitative estimate of drug-likeness (QED) is 0.768. The largest absolute Gasteiger partial charge is 0.378 e. The molecule has 0 aromatic carbocycles. The lowest BCUT2D eigenvalue weighted by atomic mass is 10.1. The molecule has 1 heterocycles. The first-order valence-electron chi connectivity index (χ1n) is 5.78. The maximum atomic E-state index is 11.5. The van der Waals surface area contributed by atoms with E-state index in [1.54, 1.807) is 0 Å². The van der Waals surface area contributed by atoms with E-state index in [1.807, 2.05) is 14.0 Å². The Morgan fingerprint density at radius 1 is 1.50 bits per heavy atom. The van der Waals surface area contributed by atoms with E-state index in [2.05, 4.69) is 10.6 Å². The van der Waals surface area contributed by atoms with E-state index in [4.69, 9.17) is 4.74 Å². The maximum absolute atomic E-state index is 11.5. The Morgan fingerprint density at radius 2 is 2.25 bits per heavy atom. The van der Waals surface area contributed by atoms with E-state index >= 15 is 0 Å². The van der Waals surface area contributed by atoms with Gasteiger partial charge in [-0.25, -0.2) is 0 Å². The molecule has 4 nitrogen and oxygen atoms in total. The molecule has 0 aliphatic carbocycles. The lowest BCUT2D eigenvalue weighted by molar-refractivity contribution is -0.124. The van der Waals surface area contributed by atoms with E-state index in [0.29, 0.717) is 19.0 Å². The minimum absolute atomic E-state index is 0. The standard InChI is InChI=1S/C11H22N2O2.ClH/c1-9(12-2)8-13-11(14)7-10-5-3-4-6-15-10;/h9-10,12H,3-8H2,1-2H3,(H,13,14);1H. The summed E-state index contributed by atoms with van der Waals surface area (Å²) in [6, 6.07) is 0.321. The third-order valence-electron chi connectivity index (χ3n) is 2.79. The van der Waals surface area contributed by atoms with Gasteiger partial charge in [-0.1, -0.05) is 0 Å². The zero-order chi connectivity index (χ0) is 11.1. The van der Waals surface area contributed by atoms with Crippen molar-refractivity contribution in [2.45, 2.75) is 44.8 Å². The number of carbonyl (C=O) groups is 1. The number of amides is 1. The highest BCUT2D eigenvalue weighted by molar-refractivity contribution is 5.85. The van der Waals surface area contributed by atoms with Crippen LogP contribution in [0.1, 0.15) is 32.6 Å². The van der Waals surface area contributed by atoms with E-state index in [-0.39, 0.29) is 24.4 Å². The van der Waals surface area contributed by atoms with Crippen molar-refractivity contribution in [3.8, 4) is 0 Å². The van der Waals surface area contributed by atoms with Gasteiger partial charge >= 0.3 is 0 Å². The van der Waals surface area contributed by atoms with Crippen molar-refractivity contribution in [1.29, 1.82) is 0 Å². The minimum Gasteiger partial charge on any atom is -0.378 e. The lowest BCUT2D eigenvalue weighted by Crippen LogP contribution is -2.38. The Morgan fingerprint density at radius 3 is 2.81 bits per heavy atom. The van der Waals surface area contributed by atoms with Crippen LogP contribution in [0.4, 0.5) is 0 Å². The fourth-order valence-electron chi connectivity index (χ4n) is 1.62. The van der Waals surface area contributed by atoms with Crippen LogP contribution >= 0.6 is 12.4 Å². The van der Waals surface area contributed by atoms with Gasteiger partial charge in [0.15, 0.2) is 0 Å². The molecule has 5 heteroatoms. The van der Waals surface area contributed by atoms with Crippen molar-refractivity contribution in [3.05, 3.63) is 0 Å². The maximum Gasteiger partial charge on any atom is 0.222 e. The second kappa shape index (κ2) is 8.79. The number of likely N-dealkylation sites (N-methyl/N-ethyl adjacent to an activating group) is 1. The molecule has 0 bridgehead atoms. The molecule has 1 rings (SSSR count). The normalized spacial score (nSPS) is 22.0. The molecule has 2 N–H and O–H groups in total. The number of carbonyl (C=O) groups excluding carboxylic acids is 1. The third kappa shape index (κ3) is 6.30. The highest BCUT2D eigenvalue weighted by atomic mass is 35.5. The SMILES string of the molecule is CNC(C)CNC(=O)CC1CCCCO1.Cl. The highest BCUT2D eigenvalue weighted by Gasteiger charge is 2.17. The monoisotopic (exact) mass is 250 g/mol. The van der Waals surface area contributed by atoms with Gasteiger partial charge in [0.1, 0.15) is 0 Å². The number of hydrogen-bond acceptors (Lipinski definition) is 3. The summed E-state index contributed by atoms with van der Waals surface area (Å²) in [4.78, 5) is 11.5. The number of hydrogen-bond donors (Lipinski definition) is 2. The summed E-state index contributed by atoms with van der Waals surface area (Å²) in [6.45, 7) is 3.53. The van der Waals surface area contributed by atoms with Crippen LogP contribution in [0.2, 0.25) is 0 Å². The fraction of sp³-hybridized carbons (Fsp3) is 0.909. The van der Waals surface area contributed by atoms with Crippen LogP contribution < -0.4 is 10.6 Å². The molecule has 16 heavy (non-hydrogen) atoms. The molecule has 1 amide bonds. The number of nitrogens with one attached hydrogen (secondary N) is 2. The van der Waals surface area contributed by atoms with Crippen LogP contribution in [0.25, 0.3) is 0 Å². The molecular weight excluding hydrogens is 228 g/mol. The molecule has 2 atom stereocenters. The Balaban J connectivity index is 0.00000225. The van der Waals surface area contributed by atoms with Crippen LogP contribution in [0.5, 0.6) is 0 Å². The van der Waals surface area contributed by atoms with Crippen LogP contribution in [-0.4, -0.2) is 38.3 Å². The predicted molar refractivity (Wildman–Crippen MR) is 67.0 cm³/mol. The first-order chi connectivity index (χ1) is 7.22. The zero-order valence-electron chi connectivity index (χ0n) is 10.1. The van der Waals surface area contributed by atoms with E-state index in [1.165, 1.54) is 6.42 Å². The molecule has 1 fully saturated rings. The summed E-state index contributed by atoms with van der Waals surface area (Å²) in [5, 5.41) is 5.98. The molecule has 1 aliphatic rings. The topological polar surface area (TPSA) is 50.4 Å². The van der Waals surface area contributed by atoms with Gasteiger partial charge in [-0.3, -0.25) is 4.79 Å². The second-order valence-corrected chi connectivity index (χ2v) is 4.19. The smallest absolute Gasteiger partial charge is 0.222 e. The lowest BCUT2D eigenvalue weighted by Gasteiger charge is -2.22. The van der Waals surface area contributed by atoms with Crippen molar-refractivity contribution in [3.63, 3.8) is 0 Å². The molecule has 96 valence electrons. The van der Waals surface area contributed by atoms with Crippen LogP contribution in [0.15, 0.2) is 0 Å². The molecule has 1 saturated heterocycles. The summed E-state index contributed by atoms with van der Waals surface area (Å²) in [5.74, 6) is 0.101. The zero-order valence-corrected chi connectivity index (χ0v) is 10.9. The molecule has 0 radical (unpaired) electrons. The number of rotatable bonds is 5. The molecule has 0 saturated carbocycles. The Bertz CT molecular complexity index is 196. The van der Waals surface area contributed by atoms with Gasteiger partial charge in [0.05, 0.1) is 12.5 Å². The number of halogens is 1. The molecule has 0 spiro atoms. The van der Waals surface area contributed by atoms with E-state index in [0.717, 1.165) is 19.4 Å². The van der Waals surface area contributed by atoms with Gasteiger partial charge < -0.3 is 15.4 Å². The van der Waals surface area contributed by atoms with Gasteiger partial charge in [0.25, 0.3) is 0 Å². The second-order valence-electron chi connectivity index (χ2n) is 4.19. The summed E-state index contributed by atoms with van der Waals surface area (Å²) >= 11 is 0. The fourth-order valence-corrected chi connectivity index (χ4v) is 1.62. The Kier molecular flexibility index (Phi) is 8.61. The van der Waals surface area contributed by atoms with Gasteiger partial charge in [-0.15, -0.1) is 12.4 Å². The van der Waals surface area contributed by atoms with Gasteiger partial charge in [-0.05, 0) is 33.2 Å². The van der Waals surface area contributed by atoms with E-state index in [9.17, 15) is 4.79 Å². The highest BCUT2D eigenvalue weighted by Crippen LogP contribution is 2.15. The average molecular weight is 251 g/mol. The molecule has 0 aromatic heterocycles. The molecular formula is C11H23ClN2O2. The Labute approximate surface area is 104 Å². The van der Waals surface area contributed by atoms with Crippen LogP contribution in [0, 0.1) is 0 Å². The first-order valence-corrected chi connectivity index (χ1v) is 5.78. The molecule has 2 unspecified atom stereocenters. The van der Waals surface area contributed by atoms with Crippen molar-refractivity contribution in [2.24, 2.45) is 0 Å². The summed E-state index contributed by atoms with van der Waals surface area (Å²) in [6.07, 6.45) is 3.99. The summed E-state index contributed by atoms with van der Waals surface area (Å²) < 4.78 is 5.51. The van der Waals surface area contributed by atoms with Crippen molar-refractivity contribution >= 4 is 18.3 Å². The third-order valence-corrected chi connectivity index (χ3v) is 2.79. The summed E-state index contributed by atoms with van der Waals surface area (Å²) in [5.41, 5.74) is 0. The van der Waals surface area contributed by atoms with Crippen molar-refractivity contribution in [1.82, 2.24) is 10.6 Å². The van der Waals surface area contributed by atoms with E-state index < -0.39 is 0 Å². The van der Waals surface area contributed by atoms with Crippen LogP contribution in [-0.2, 0) is 9.53 Å². The number of ether oxygens (including phenoxy) is 1. The van der Waals surface area contributed by atoms with Crippen molar-refractivity contribution in [2.75, 3.05) is 20.2 Å². The van der Waals surface area contributed by atoms with Gasteiger partial charge in [0.2, 0.25) is 5.91 Å². The Hall–Kier alpha value is -0.320. The van der Waals surface area contributed by atoms with Crippen LogP contribution in [0.3, 0.4) is 0 Å². The summed E-state index contributed by atoms with van der Waals surface area (Å²) in [7, 11) is 1.89. The minimum atomic E-state index is 0. The van der Waals surface area contributed by atoms with Gasteiger partial charge in [-0.2, -0.15) is 0 Å².